The molecule has 0 saturated carbocycles. The van der Waals surface area contributed by atoms with Crippen LogP contribution in [0.1, 0.15) is 48.7 Å². The van der Waals surface area contributed by atoms with Gasteiger partial charge in [-0.1, -0.05) is 0 Å². The minimum atomic E-state index is -3.04. The fourth-order valence-corrected chi connectivity index (χ4v) is 4.42. The normalized spacial score (nSPS) is 31.4. The maximum atomic E-state index is 11.8. The molecule has 0 radical (unpaired) electrons. The highest BCUT2D eigenvalue weighted by atomic mass is 32.2. The third-order valence-electron chi connectivity index (χ3n) is 3.55. The van der Waals surface area contributed by atoms with E-state index in [4.69, 9.17) is 5.73 Å². The van der Waals surface area contributed by atoms with E-state index in [2.05, 4.69) is 10.1 Å². The predicted octanol–water partition coefficient (Wildman–Crippen LogP) is 0.321. The molecule has 2 N–H and O–H groups in total. The molecule has 2 atom stereocenters. The summed E-state index contributed by atoms with van der Waals surface area (Å²) in [4.78, 5) is 4.37. The van der Waals surface area contributed by atoms with Crippen LogP contribution in [-0.4, -0.2) is 28.9 Å². The van der Waals surface area contributed by atoms with Crippen LogP contribution in [0.2, 0.25) is 0 Å². The Bertz CT molecular complexity index is 537. The summed E-state index contributed by atoms with van der Waals surface area (Å²) < 4.78 is 25.4. The zero-order chi connectivity index (χ0) is 12.0. The number of rotatable bonds is 1. The Balaban J connectivity index is 2.00. The number of fused-ring (bicyclic) bond motifs is 1. The van der Waals surface area contributed by atoms with E-state index in [0.717, 1.165) is 25.1 Å². The van der Waals surface area contributed by atoms with Crippen molar-refractivity contribution in [3.05, 3.63) is 11.6 Å². The molecule has 6 nitrogen and oxygen atoms in total. The molecule has 1 aromatic heterocycles. The number of nitrogens with zero attached hydrogens (tertiary/aromatic N) is 3. The van der Waals surface area contributed by atoms with E-state index >= 15 is 0 Å². The zero-order valence-corrected chi connectivity index (χ0v) is 10.4. The summed E-state index contributed by atoms with van der Waals surface area (Å²) in [7, 11) is -3.04. The van der Waals surface area contributed by atoms with Crippen LogP contribution in [0.3, 0.4) is 0 Å². The average Bonchev–Trinajstić information content (AvgIpc) is 2.81. The standard InChI is InChI=1S/C10H16N4O2S/c11-8-4-1-5-9-12-10(13-14(8)9)7-3-2-6-17(7,15)16/h7-8H,1-6,11H2. The maximum Gasteiger partial charge on any atom is 0.169 e. The predicted molar refractivity (Wildman–Crippen MR) is 61.9 cm³/mol. The van der Waals surface area contributed by atoms with Crippen LogP contribution >= 0.6 is 0 Å². The molecule has 7 heteroatoms. The molecule has 0 spiro atoms. The van der Waals surface area contributed by atoms with Gasteiger partial charge in [-0.2, -0.15) is 5.10 Å². The quantitative estimate of drug-likeness (QED) is 0.781. The first-order valence-electron chi connectivity index (χ1n) is 6.00. The molecule has 0 bridgehead atoms. The van der Waals surface area contributed by atoms with E-state index < -0.39 is 15.1 Å². The summed E-state index contributed by atoms with van der Waals surface area (Å²) in [5.41, 5.74) is 5.94. The lowest BCUT2D eigenvalue weighted by atomic mass is 10.1. The zero-order valence-electron chi connectivity index (χ0n) is 9.54. The number of hydrogen-bond donors (Lipinski definition) is 1. The Morgan fingerprint density at radius 2 is 2.12 bits per heavy atom. The van der Waals surface area contributed by atoms with Crippen LogP contribution < -0.4 is 5.73 Å². The molecule has 3 heterocycles. The number of aryl methyl sites for hydroxylation is 1. The van der Waals surface area contributed by atoms with E-state index in [0.29, 0.717) is 18.7 Å². The largest absolute Gasteiger partial charge is 0.310 e. The SMILES string of the molecule is NC1CCCc2nc(C3CCCS3(=O)=O)nn21. The molecule has 3 rings (SSSR count). The highest BCUT2D eigenvalue weighted by Crippen LogP contribution is 2.33. The van der Waals surface area contributed by atoms with Gasteiger partial charge in [0.25, 0.3) is 0 Å². The van der Waals surface area contributed by atoms with Crippen molar-refractivity contribution in [1.82, 2.24) is 14.8 Å². The first-order chi connectivity index (χ1) is 8.08. The molecule has 2 aliphatic rings. The molecular formula is C10H16N4O2S. The highest BCUT2D eigenvalue weighted by Gasteiger charge is 2.36. The van der Waals surface area contributed by atoms with Crippen molar-refractivity contribution >= 4 is 9.84 Å². The first-order valence-corrected chi connectivity index (χ1v) is 7.72. The summed E-state index contributed by atoms with van der Waals surface area (Å²) in [6.07, 6.45) is 3.92. The molecule has 0 aromatic carbocycles. The van der Waals surface area contributed by atoms with E-state index in [-0.39, 0.29) is 11.9 Å². The average molecular weight is 256 g/mol. The van der Waals surface area contributed by atoms with Crippen LogP contribution in [0.4, 0.5) is 0 Å². The lowest BCUT2D eigenvalue weighted by Gasteiger charge is -2.18. The lowest BCUT2D eigenvalue weighted by molar-refractivity contribution is 0.371. The van der Waals surface area contributed by atoms with Gasteiger partial charge in [-0.25, -0.2) is 18.1 Å². The molecule has 1 aromatic rings. The minimum Gasteiger partial charge on any atom is -0.310 e. The van der Waals surface area contributed by atoms with Crippen LogP contribution in [0.15, 0.2) is 0 Å². The summed E-state index contributed by atoms with van der Waals surface area (Å²) in [5, 5.41) is 3.80. The third-order valence-corrected chi connectivity index (χ3v) is 5.72. The Morgan fingerprint density at radius 3 is 2.76 bits per heavy atom. The molecule has 1 saturated heterocycles. The van der Waals surface area contributed by atoms with E-state index in [1.165, 1.54) is 0 Å². The van der Waals surface area contributed by atoms with Gasteiger partial charge in [0.2, 0.25) is 0 Å². The van der Waals surface area contributed by atoms with Crippen LogP contribution in [-0.2, 0) is 16.3 Å². The molecule has 94 valence electrons. The van der Waals surface area contributed by atoms with E-state index in [1.807, 2.05) is 0 Å². The van der Waals surface area contributed by atoms with Gasteiger partial charge in [-0.15, -0.1) is 0 Å². The smallest absolute Gasteiger partial charge is 0.169 e. The molecule has 0 amide bonds. The molecule has 0 aliphatic carbocycles. The molecule has 2 unspecified atom stereocenters. The topological polar surface area (TPSA) is 90.9 Å². The van der Waals surface area contributed by atoms with Gasteiger partial charge in [0.1, 0.15) is 17.2 Å². The summed E-state index contributed by atoms with van der Waals surface area (Å²) in [6.45, 7) is 0. The summed E-state index contributed by atoms with van der Waals surface area (Å²) in [5.74, 6) is 1.55. The van der Waals surface area contributed by atoms with Gasteiger partial charge in [0.05, 0.1) is 5.75 Å². The van der Waals surface area contributed by atoms with Crippen molar-refractivity contribution in [1.29, 1.82) is 0 Å². The Labute approximate surface area is 100 Å². The van der Waals surface area contributed by atoms with Crippen LogP contribution in [0, 0.1) is 0 Å². The third kappa shape index (κ3) is 1.77. The monoisotopic (exact) mass is 256 g/mol. The number of hydrogen-bond acceptors (Lipinski definition) is 5. The van der Waals surface area contributed by atoms with Gasteiger partial charge in [-0.3, -0.25) is 0 Å². The van der Waals surface area contributed by atoms with Crippen molar-refractivity contribution in [3.63, 3.8) is 0 Å². The lowest BCUT2D eigenvalue weighted by Crippen LogP contribution is -2.26. The van der Waals surface area contributed by atoms with Crippen molar-refractivity contribution in [3.8, 4) is 0 Å². The Kier molecular flexibility index (Phi) is 2.48. The minimum absolute atomic E-state index is 0.149. The molecule has 1 fully saturated rings. The van der Waals surface area contributed by atoms with Gasteiger partial charge in [0.15, 0.2) is 15.7 Å². The van der Waals surface area contributed by atoms with Gasteiger partial charge >= 0.3 is 0 Å². The number of sulfone groups is 1. The van der Waals surface area contributed by atoms with Crippen molar-refractivity contribution in [2.45, 2.75) is 43.5 Å². The van der Waals surface area contributed by atoms with Crippen molar-refractivity contribution < 1.29 is 8.42 Å². The number of nitrogens with two attached hydrogens (primary N) is 1. The van der Waals surface area contributed by atoms with Crippen molar-refractivity contribution in [2.24, 2.45) is 5.73 Å². The number of aromatic nitrogens is 3. The second kappa shape index (κ2) is 3.78. The van der Waals surface area contributed by atoms with Crippen LogP contribution in [0.25, 0.3) is 0 Å². The van der Waals surface area contributed by atoms with Crippen molar-refractivity contribution in [2.75, 3.05) is 5.75 Å². The second-order valence-electron chi connectivity index (χ2n) is 4.79. The summed E-state index contributed by atoms with van der Waals surface area (Å²) in [6, 6.07) is 0. The summed E-state index contributed by atoms with van der Waals surface area (Å²) >= 11 is 0. The molecule has 17 heavy (non-hydrogen) atoms. The van der Waals surface area contributed by atoms with Gasteiger partial charge < -0.3 is 5.73 Å². The molecular weight excluding hydrogens is 240 g/mol. The second-order valence-corrected chi connectivity index (χ2v) is 7.09. The van der Waals surface area contributed by atoms with Gasteiger partial charge in [-0.05, 0) is 25.7 Å². The van der Waals surface area contributed by atoms with Gasteiger partial charge in [0, 0.05) is 6.42 Å². The van der Waals surface area contributed by atoms with Crippen LogP contribution in [0.5, 0.6) is 0 Å². The first kappa shape index (κ1) is 11.2. The van der Waals surface area contributed by atoms with E-state index in [9.17, 15) is 8.42 Å². The fourth-order valence-electron chi connectivity index (χ4n) is 2.62. The highest BCUT2D eigenvalue weighted by molar-refractivity contribution is 7.91. The Morgan fingerprint density at radius 1 is 1.29 bits per heavy atom. The maximum absolute atomic E-state index is 11.8. The molecule has 2 aliphatic heterocycles. The van der Waals surface area contributed by atoms with E-state index in [1.54, 1.807) is 4.68 Å². The Hall–Kier alpha value is -0.950. The fraction of sp³-hybridized carbons (Fsp3) is 0.800.